The van der Waals surface area contributed by atoms with Crippen LogP contribution in [0.3, 0.4) is 0 Å². The van der Waals surface area contributed by atoms with E-state index >= 15 is 0 Å². The Hall–Kier alpha value is -0.900. The van der Waals surface area contributed by atoms with Gasteiger partial charge in [0.1, 0.15) is 0 Å². The van der Waals surface area contributed by atoms with E-state index in [1.54, 1.807) is 0 Å². The lowest BCUT2D eigenvalue weighted by Gasteiger charge is -2.37. The van der Waals surface area contributed by atoms with Gasteiger partial charge in [0.15, 0.2) is 0 Å². The topological polar surface area (TPSA) is 32.5 Å². The summed E-state index contributed by atoms with van der Waals surface area (Å²) < 4.78 is 0. The number of hydrogen-bond acceptors (Lipinski definition) is 3. The highest BCUT2D eigenvalue weighted by Crippen LogP contribution is 2.21. The van der Waals surface area contributed by atoms with E-state index in [0.29, 0.717) is 6.04 Å². The summed E-state index contributed by atoms with van der Waals surface area (Å²) >= 11 is 0. The van der Waals surface area contributed by atoms with Crippen molar-refractivity contribution in [3.8, 4) is 0 Å². The van der Waals surface area contributed by atoms with E-state index in [2.05, 4.69) is 55.9 Å². The molecule has 0 amide bonds. The van der Waals surface area contributed by atoms with E-state index < -0.39 is 0 Å². The zero-order chi connectivity index (χ0) is 14.7. The summed E-state index contributed by atoms with van der Waals surface area (Å²) in [4.78, 5) is 4.87. The molecule has 112 valence electrons. The van der Waals surface area contributed by atoms with Crippen LogP contribution in [0, 0.1) is 13.8 Å². The molecule has 1 aromatic carbocycles. The van der Waals surface area contributed by atoms with Gasteiger partial charge >= 0.3 is 0 Å². The van der Waals surface area contributed by atoms with Crippen molar-refractivity contribution in [1.82, 2.24) is 9.80 Å². The Bertz CT molecular complexity index is 442. The van der Waals surface area contributed by atoms with Crippen LogP contribution in [0.15, 0.2) is 18.2 Å². The SMILES string of the molecule is Cc1ccc(C(N)CN2CCCC(N(C)C)C2)c(C)c1. The lowest BCUT2D eigenvalue weighted by molar-refractivity contribution is 0.128. The van der Waals surface area contributed by atoms with Crippen molar-refractivity contribution in [1.29, 1.82) is 0 Å². The van der Waals surface area contributed by atoms with Crippen LogP contribution in [0.25, 0.3) is 0 Å². The summed E-state index contributed by atoms with van der Waals surface area (Å²) in [7, 11) is 4.36. The van der Waals surface area contributed by atoms with Crippen LogP contribution in [0.2, 0.25) is 0 Å². The average molecular weight is 275 g/mol. The summed E-state index contributed by atoms with van der Waals surface area (Å²) in [6, 6.07) is 7.39. The zero-order valence-corrected chi connectivity index (χ0v) is 13.4. The molecule has 0 radical (unpaired) electrons. The Balaban J connectivity index is 1.98. The first-order valence-corrected chi connectivity index (χ1v) is 7.69. The Labute approximate surface area is 123 Å². The summed E-state index contributed by atoms with van der Waals surface area (Å²) in [6.45, 7) is 7.60. The van der Waals surface area contributed by atoms with Crippen LogP contribution < -0.4 is 5.73 Å². The van der Waals surface area contributed by atoms with Gasteiger partial charge in [-0.1, -0.05) is 23.8 Å². The number of benzene rings is 1. The molecule has 0 spiro atoms. The van der Waals surface area contributed by atoms with Gasteiger partial charge in [-0.2, -0.15) is 0 Å². The van der Waals surface area contributed by atoms with E-state index in [9.17, 15) is 0 Å². The van der Waals surface area contributed by atoms with E-state index in [1.165, 1.54) is 36.1 Å². The van der Waals surface area contributed by atoms with Crippen molar-refractivity contribution in [2.45, 2.75) is 38.8 Å². The quantitative estimate of drug-likeness (QED) is 0.915. The second kappa shape index (κ2) is 6.70. The molecule has 1 aromatic rings. The first-order chi connectivity index (χ1) is 9.47. The molecular formula is C17H29N3. The molecule has 2 atom stereocenters. The molecule has 0 aliphatic carbocycles. The highest BCUT2D eigenvalue weighted by atomic mass is 15.2. The maximum absolute atomic E-state index is 6.44. The fourth-order valence-corrected chi connectivity index (χ4v) is 3.24. The van der Waals surface area contributed by atoms with Crippen molar-refractivity contribution < 1.29 is 0 Å². The monoisotopic (exact) mass is 275 g/mol. The molecule has 20 heavy (non-hydrogen) atoms. The van der Waals surface area contributed by atoms with Crippen LogP contribution in [0.5, 0.6) is 0 Å². The predicted octanol–water partition coefficient (Wildman–Crippen LogP) is 2.33. The lowest BCUT2D eigenvalue weighted by atomic mass is 9.98. The molecule has 3 nitrogen and oxygen atoms in total. The third kappa shape index (κ3) is 3.81. The summed E-state index contributed by atoms with van der Waals surface area (Å²) in [5, 5.41) is 0. The van der Waals surface area contributed by atoms with Gasteiger partial charge in [-0.05, 0) is 58.5 Å². The molecule has 2 N–H and O–H groups in total. The molecule has 1 aliphatic rings. The number of rotatable bonds is 4. The average Bonchev–Trinajstić information content (AvgIpc) is 2.38. The number of piperidine rings is 1. The molecule has 2 rings (SSSR count). The summed E-state index contributed by atoms with van der Waals surface area (Å²) in [5.74, 6) is 0. The molecule has 0 saturated carbocycles. The molecule has 0 aromatic heterocycles. The van der Waals surface area contributed by atoms with Gasteiger partial charge in [0, 0.05) is 25.2 Å². The number of nitrogens with zero attached hydrogens (tertiary/aromatic N) is 2. The minimum atomic E-state index is 0.122. The third-order valence-corrected chi connectivity index (χ3v) is 4.49. The van der Waals surface area contributed by atoms with Gasteiger partial charge in [0.25, 0.3) is 0 Å². The highest BCUT2D eigenvalue weighted by molar-refractivity contribution is 5.32. The van der Waals surface area contributed by atoms with Crippen LogP contribution in [-0.4, -0.2) is 49.6 Å². The third-order valence-electron chi connectivity index (χ3n) is 4.49. The molecule has 2 unspecified atom stereocenters. The Morgan fingerprint density at radius 1 is 1.35 bits per heavy atom. The van der Waals surface area contributed by atoms with Crippen molar-refractivity contribution >= 4 is 0 Å². The number of nitrogens with two attached hydrogens (primary N) is 1. The Morgan fingerprint density at radius 3 is 2.75 bits per heavy atom. The Kier molecular flexibility index (Phi) is 5.19. The van der Waals surface area contributed by atoms with Crippen LogP contribution >= 0.6 is 0 Å². The largest absolute Gasteiger partial charge is 0.323 e. The molecule has 1 heterocycles. The fourth-order valence-electron chi connectivity index (χ4n) is 3.24. The smallest absolute Gasteiger partial charge is 0.0426 e. The number of likely N-dealkylation sites (N-methyl/N-ethyl adjacent to an activating group) is 1. The molecule has 1 fully saturated rings. The van der Waals surface area contributed by atoms with Crippen molar-refractivity contribution in [3.63, 3.8) is 0 Å². The first kappa shape index (κ1) is 15.5. The molecule has 3 heteroatoms. The standard InChI is InChI=1S/C17H29N3/c1-13-7-8-16(14(2)10-13)17(18)12-20-9-5-6-15(11-20)19(3)4/h7-8,10,15,17H,5-6,9,11-12,18H2,1-4H3. The van der Waals surface area contributed by atoms with E-state index in [0.717, 1.165) is 13.1 Å². The van der Waals surface area contributed by atoms with E-state index in [4.69, 9.17) is 5.73 Å². The highest BCUT2D eigenvalue weighted by Gasteiger charge is 2.23. The normalized spacial score (nSPS) is 22.2. The maximum Gasteiger partial charge on any atom is 0.0426 e. The van der Waals surface area contributed by atoms with Gasteiger partial charge in [-0.3, -0.25) is 4.90 Å². The van der Waals surface area contributed by atoms with Crippen LogP contribution in [0.4, 0.5) is 0 Å². The van der Waals surface area contributed by atoms with E-state index in [-0.39, 0.29) is 6.04 Å². The summed E-state index contributed by atoms with van der Waals surface area (Å²) in [5.41, 5.74) is 10.4. The van der Waals surface area contributed by atoms with Gasteiger partial charge in [-0.25, -0.2) is 0 Å². The second-order valence-electron chi connectivity index (χ2n) is 6.49. The van der Waals surface area contributed by atoms with Crippen LogP contribution in [-0.2, 0) is 0 Å². The van der Waals surface area contributed by atoms with Crippen molar-refractivity contribution in [3.05, 3.63) is 34.9 Å². The first-order valence-electron chi connectivity index (χ1n) is 7.69. The molecule has 1 aliphatic heterocycles. The molecule has 1 saturated heterocycles. The molecular weight excluding hydrogens is 246 g/mol. The Morgan fingerprint density at radius 2 is 2.10 bits per heavy atom. The maximum atomic E-state index is 6.44. The fraction of sp³-hybridized carbons (Fsp3) is 0.647. The second-order valence-corrected chi connectivity index (χ2v) is 6.49. The lowest BCUT2D eigenvalue weighted by Crippen LogP contribution is -2.47. The minimum Gasteiger partial charge on any atom is -0.323 e. The van der Waals surface area contributed by atoms with E-state index in [1.807, 2.05) is 0 Å². The zero-order valence-electron chi connectivity index (χ0n) is 13.4. The number of likely N-dealkylation sites (tertiary alicyclic amines) is 1. The minimum absolute atomic E-state index is 0.122. The van der Waals surface area contributed by atoms with Gasteiger partial charge < -0.3 is 10.6 Å². The predicted molar refractivity (Wildman–Crippen MR) is 86.0 cm³/mol. The number of hydrogen-bond donors (Lipinski definition) is 1. The van der Waals surface area contributed by atoms with Crippen molar-refractivity contribution in [2.75, 3.05) is 33.7 Å². The molecule has 0 bridgehead atoms. The number of aryl methyl sites for hydroxylation is 2. The van der Waals surface area contributed by atoms with Crippen molar-refractivity contribution in [2.24, 2.45) is 5.73 Å². The van der Waals surface area contributed by atoms with Gasteiger partial charge in [-0.15, -0.1) is 0 Å². The van der Waals surface area contributed by atoms with Crippen LogP contribution in [0.1, 0.15) is 35.6 Å². The van der Waals surface area contributed by atoms with Gasteiger partial charge in [0.2, 0.25) is 0 Å². The summed E-state index contributed by atoms with van der Waals surface area (Å²) in [6.07, 6.45) is 2.59. The van der Waals surface area contributed by atoms with Gasteiger partial charge in [0.05, 0.1) is 0 Å².